The van der Waals surface area contributed by atoms with Crippen LogP contribution in [0.1, 0.15) is 107 Å². The van der Waals surface area contributed by atoms with Gasteiger partial charge in [0.2, 0.25) is 0 Å². The van der Waals surface area contributed by atoms with E-state index in [9.17, 15) is 4.79 Å². The first-order valence-corrected chi connectivity index (χ1v) is 11.3. The van der Waals surface area contributed by atoms with Crippen LogP contribution in [0.4, 0.5) is 0 Å². The molecule has 0 saturated heterocycles. The van der Waals surface area contributed by atoms with Crippen LogP contribution < -0.4 is 4.74 Å². The Morgan fingerprint density at radius 3 is 2.27 bits per heavy atom. The maximum absolute atomic E-state index is 12.9. The van der Waals surface area contributed by atoms with Gasteiger partial charge in [-0.05, 0) is 65.7 Å². The third-order valence-electron chi connectivity index (χ3n) is 6.72. The summed E-state index contributed by atoms with van der Waals surface area (Å²) in [6.45, 7) is 19.9. The molecular formula is C28H38O2. The molecule has 0 saturated carbocycles. The Bertz CT molecular complexity index is 954. The zero-order valence-electron chi connectivity index (χ0n) is 20.3. The largest absolute Gasteiger partial charge is 0.425 e. The van der Waals surface area contributed by atoms with Crippen molar-refractivity contribution in [2.75, 3.05) is 0 Å². The van der Waals surface area contributed by atoms with Gasteiger partial charge in [-0.25, -0.2) is 0 Å². The van der Waals surface area contributed by atoms with Gasteiger partial charge < -0.3 is 4.74 Å². The zero-order valence-corrected chi connectivity index (χ0v) is 20.3. The van der Waals surface area contributed by atoms with Crippen LogP contribution in [0.2, 0.25) is 0 Å². The molecule has 162 valence electrons. The first kappa shape index (κ1) is 22.6. The van der Waals surface area contributed by atoms with Crippen molar-refractivity contribution in [1.82, 2.24) is 0 Å². The lowest BCUT2D eigenvalue weighted by molar-refractivity contribution is -0.134. The Kier molecular flexibility index (Phi) is 5.93. The molecule has 2 heteroatoms. The Morgan fingerprint density at radius 2 is 1.67 bits per heavy atom. The van der Waals surface area contributed by atoms with Crippen molar-refractivity contribution in [3.8, 4) is 5.75 Å². The summed E-state index contributed by atoms with van der Waals surface area (Å²) in [6, 6.07) is 11.0. The number of carbonyl (C=O) groups excluding carboxylic acids is 1. The van der Waals surface area contributed by atoms with Crippen LogP contribution in [0.3, 0.4) is 0 Å². The maximum atomic E-state index is 12.9. The quantitative estimate of drug-likeness (QED) is 0.388. The predicted molar refractivity (Wildman–Crippen MR) is 126 cm³/mol. The fourth-order valence-electron chi connectivity index (χ4n) is 4.47. The zero-order chi connectivity index (χ0) is 22.4. The fraction of sp³-hybridized carbons (Fsp3) is 0.536. The van der Waals surface area contributed by atoms with Crippen molar-refractivity contribution in [1.29, 1.82) is 0 Å². The molecule has 0 spiro atoms. The molecule has 2 aromatic carbocycles. The summed E-state index contributed by atoms with van der Waals surface area (Å²) in [5.41, 5.74) is 7.54. The van der Waals surface area contributed by atoms with Crippen molar-refractivity contribution in [2.45, 2.75) is 97.8 Å². The third kappa shape index (κ3) is 4.33. The number of aryl methyl sites for hydroxylation is 1. The van der Waals surface area contributed by atoms with E-state index in [1.807, 2.05) is 0 Å². The summed E-state index contributed by atoms with van der Waals surface area (Å²) in [5.74, 6) is 0.963. The molecule has 0 amide bonds. The average Bonchev–Trinajstić information content (AvgIpc) is 2.94. The second kappa shape index (κ2) is 7.87. The highest BCUT2D eigenvalue weighted by Crippen LogP contribution is 2.47. The standard InChI is InChI=1S/C28H38O2/c1-17-11-10-12-21(19(17)3)18(2)13-14-22-23-15-20(27(4,5)6)16-24(28(7,8)9)25(23)30-26(22)29/h10-12,15-16,18,22H,13-14H2,1-9H3. The van der Waals surface area contributed by atoms with Crippen LogP contribution in [-0.4, -0.2) is 5.97 Å². The van der Waals surface area contributed by atoms with Crippen LogP contribution in [0, 0.1) is 13.8 Å². The van der Waals surface area contributed by atoms with E-state index in [0.29, 0.717) is 5.92 Å². The first-order chi connectivity index (χ1) is 13.8. The fourth-order valence-corrected chi connectivity index (χ4v) is 4.47. The lowest BCUT2D eigenvalue weighted by atomic mass is 9.77. The van der Waals surface area contributed by atoms with E-state index >= 15 is 0 Å². The summed E-state index contributed by atoms with van der Waals surface area (Å²) in [5, 5.41) is 0. The Morgan fingerprint density at radius 1 is 1.00 bits per heavy atom. The second-order valence-corrected chi connectivity index (χ2v) is 11.2. The molecule has 1 aliphatic heterocycles. The van der Waals surface area contributed by atoms with E-state index in [1.54, 1.807) is 0 Å². The van der Waals surface area contributed by atoms with E-state index in [1.165, 1.54) is 22.3 Å². The molecule has 0 fully saturated rings. The molecule has 3 rings (SSSR count). The number of fused-ring (bicyclic) bond motifs is 1. The molecule has 0 aromatic heterocycles. The smallest absolute Gasteiger partial charge is 0.318 e. The highest BCUT2D eigenvalue weighted by Gasteiger charge is 2.38. The number of hydrogen-bond acceptors (Lipinski definition) is 2. The van der Waals surface area contributed by atoms with Gasteiger partial charge in [-0.2, -0.15) is 0 Å². The maximum Gasteiger partial charge on any atom is 0.318 e. The molecule has 0 N–H and O–H groups in total. The summed E-state index contributed by atoms with van der Waals surface area (Å²) in [4.78, 5) is 12.9. The number of carbonyl (C=O) groups is 1. The molecule has 0 bridgehead atoms. The third-order valence-corrected chi connectivity index (χ3v) is 6.72. The van der Waals surface area contributed by atoms with Gasteiger partial charge in [0, 0.05) is 11.1 Å². The average molecular weight is 407 g/mol. The molecule has 2 nitrogen and oxygen atoms in total. The Hall–Kier alpha value is -2.09. The van der Waals surface area contributed by atoms with Crippen LogP contribution in [0.15, 0.2) is 30.3 Å². The molecule has 1 aliphatic rings. The summed E-state index contributed by atoms with van der Waals surface area (Å²) in [7, 11) is 0. The van der Waals surface area contributed by atoms with Crippen LogP contribution in [-0.2, 0) is 15.6 Å². The van der Waals surface area contributed by atoms with Crippen LogP contribution >= 0.6 is 0 Å². The molecule has 0 aliphatic carbocycles. The number of ether oxygens (including phenoxy) is 1. The summed E-state index contributed by atoms with van der Waals surface area (Å²) in [6.07, 6.45) is 1.78. The second-order valence-electron chi connectivity index (χ2n) is 11.2. The van der Waals surface area contributed by atoms with Gasteiger partial charge in [-0.1, -0.05) is 78.8 Å². The molecule has 2 aromatic rings. The normalized spacial score (nSPS) is 17.6. The molecule has 0 radical (unpaired) electrons. The minimum Gasteiger partial charge on any atom is -0.425 e. The topological polar surface area (TPSA) is 26.3 Å². The lowest BCUT2D eigenvalue weighted by Crippen LogP contribution is -2.17. The molecule has 2 unspecified atom stereocenters. The van der Waals surface area contributed by atoms with Crippen molar-refractivity contribution < 1.29 is 9.53 Å². The van der Waals surface area contributed by atoms with Crippen molar-refractivity contribution in [2.24, 2.45) is 0 Å². The van der Waals surface area contributed by atoms with E-state index in [-0.39, 0.29) is 22.7 Å². The van der Waals surface area contributed by atoms with Gasteiger partial charge in [-0.15, -0.1) is 0 Å². The number of esters is 1. The van der Waals surface area contributed by atoms with Gasteiger partial charge in [-0.3, -0.25) is 4.79 Å². The van der Waals surface area contributed by atoms with E-state index in [2.05, 4.69) is 92.6 Å². The summed E-state index contributed by atoms with van der Waals surface area (Å²) < 4.78 is 5.89. The van der Waals surface area contributed by atoms with Crippen molar-refractivity contribution >= 4 is 5.97 Å². The van der Waals surface area contributed by atoms with E-state index < -0.39 is 0 Å². The molecule has 30 heavy (non-hydrogen) atoms. The minimum atomic E-state index is -0.170. The van der Waals surface area contributed by atoms with Crippen LogP contribution in [0.25, 0.3) is 0 Å². The van der Waals surface area contributed by atoms with Crippen LogP contribution in [0.5, 0.6) is 5.75 Å². The Balaban J connectivity index is 1.94. The number of benzene rings is 2. The number of rotatable bonds is 4. The highest BCUT2D eigenvalue weighted by molar-refractivity contribution is 5.87. The predicted octanol–water partition coefficient (Wildman–Crippen LogP) is 7.48. The van der Waals surface area contributed by atoms with Gasteiger partial charge in [0.15, 0.2) is 0 Å². The molecule has 2 atom stereocenters. The first-order valence-electron chi connectivity index (χ1n) is 11.3. The minimum absolute atomic E-state index is 0.0250. The SMILES string of the molecule is Cc1cccc(C(C)CCC2C(=O)Oc3c2cc(C(C)(C)C)cc3C(C)(C)C)c1C. The van der Waals surface area contributed by atoms with Gasteiger partial charge in [0.25, 0.3) is 0 Å². The van der Waals surface area contributed by atoms with Gasteiger partial charge in [0.05, 0.1) is 5.92 Å². The highest BCUT2D eigenvalue weighted by atomic mass is 16.5. The van der Waals surface area contributed by atoms with Crippen molar-refractivity contribution in [3.63, 3.8) is 0 Å². The molecular weight excluding hydrogens is 368 g/mol. The summed E-state index contributed by atoms with van der Waals surface area (Å²) >= 11 is 0. The monoisotopic (exact) mass is 406 g/mol. The van der Waals surface area contributed by atoms with E-state index in [4.69, 9.17) is 4.74 Å². The Labute approximate surface area is 183 Å². The molecule has 1 heterocycles. The van der Waals surface area contributed by atoms with Gasteiger partial charge in [0.1, 0.15) is 5.75 Å². The van der Waals surface area contributed by atoms with E-state index in [0.717, 1.165) is 29.7 Å². The van der Waals surface area contributed by atoms with Gasteiger partial charge >= 0.3 is 5.97 Å². The number of hydrogen-bond donors (Lipinski definition) is 0. The van der Waals surface area contributed by atoms with Crippen molar-refractivity contribution in [3.05, 3.63) is 63.7 Å². The lowest BCUT2D eigenvalue weighted by Gasteiger charge is -2.27.